The first-order chi connectivity index (χ1) is 14.0. The van der Waals surface area contributed by atoms with Crippen molar-refractivity contribution in [1.82, 2.24) is 4.90 Å². The van der Waals surface area contributed by atoms with Crippen LogP contribution in [-0.2, 0) is 11.2 Å². The molecule has 2 aromatic rings. The summed E-state index contributed by atoms with van der Waals surface area (Å²) in [5.41, 5.74) is 6.85. The Morgan fingerprint density at radius 1 is 1.10 bits per heavy atom. The maximum absolute atomic E-state index is 13.1. The van der Waals surface area contributed by atoms with Gasteiger partial charge in [0.15, 0.2) is 6.54 Å². The Morgan fingerprint density at radius 2 is 1.86 bits per heavy atom. The summed E-state index contributed by atoms with van der Waals surface area (Å²) in [6.45, 7) is 9.08. The van der Waals surface area contributed by atoms with Crippen molar-refractivity contribution in [2.45, 2.75) is 39.2 Å². The van der Waals surface area contributed by atoms with Gasteiger partial charge in [-0.3, -0.25) is 4.79 Å². The van der Waals surface area contributed by atoms with Gasteiger partial charge in [-0.1, -0.05) is 36.4 Å². The molecule has 154 valence electrons. The van der Waals surface area contributed by atoms with Crippen molar-refractivity contribution in [2.75, 3.05) is 44.7 Å². The van der Waals surface area contributed by atoms with Crippen LogP contribution in [-0.4, -0.2) is 50.6 Å². The highest BCUT2D eigenvalue weighted by molar-refractivity contribution is 5.77. The highest BCUT2D eigenvalue weighted by Crippen LogP contribution is 2.33. The van der Waals surface area contributed by atoms with Crippen LogP contribution in [0.1, 0.15) is 41.1 Å². The van der Waals surface area contributed by atoms with Gasteiger partial charge in [0.05, 0.1) is 32.2 Å². The summed E-state index contributed by atoms with van der Waals surface area (Å²) in [5, 5.41) is 0. The molecule has 1 atom stereocenters. The molecule has 1 N–H and O–H groups in total. The van der Waals surface area contributed by atoms with Gasteiger partial charge in [-0.05, 0) is 61.4 Å². The van der Waals surface area contributed by atoms with E-state index in [0.717, 1.165) is 39.0 Å². The molecule has 0 spiro atoms. The van der Waals surface area contributed by atoms with E-state index in [1.807, 2.05) is 11.9 Å². The molecule has 1 fully saturated rings. The first kappa shape index (κ1) is 20.0. The molecule has 4 nitrogen and oxygen atoms in total. The van der Waals surface area contributed by atoms with Crippen molar-refractivity contribution in [2.24, 2.45) is 0 Å². The van der Waals surface area contributed by atoms with Crippen LogP contribution in [0.25, 0.3) is 0 Å². The molecule has 0 radical (unpaired) electrons. The van der Waals surface area contributed by atoms with Gasteiger partial charge in [0.25, 0.3) is 5.91 Å². The van der Waals surface area contributed by atoms with Crippen molar-refractivity contribution in [1.29, 1.82) is 0 Å². The van der Waals surface area contributed by atoms with E-state index in [-0.39, 0.29) is 11.9 Å². The Hall–Kier alpha value is -2.33. The zero-order chi connectivity index (χ0) is 20.4. The second-order valence-electron chi connectivity index (χ2n) is 8.74. The zero-order valence-corrected chi connectivity index (χ0v) is 18.1. The molecule has 1 amide bonds. The summed E-state index contributed by atoms with van der Waals surface area (Å²) in [6, 6.07) is 15.4. The van der Waals surface area contributed by atoms with E-state index in [9.17, 15) is 4.79 Å². The molecular weight excluding hydrogens is 358 g/mol. The molecule has 0 saturated carbocycles. The zero-order valence-electron chi connectivity index (χ0n) is 18.1. The normalized spacial score (nSPS) is 19.7. The maximum Gasteiger partial charge on any atom is 0.278 e. The first-order valence-electron chi connectivity index (χ1n) is 11.0. The number of anilines is 1. The minimum atomic E-state index is 0.239. The number of carbonyl (C=O) groups is 1. The number of likely N-dealkylation sites (N-methyl/N-ethyl adjacent to an activating group) is 1. The number of hydrogen-bond donors (Lipinski definition) is 1. The molecule has 2 aromatic carbocycles. The molecule has 1 heterocycles. The van der Waals surface area contributed by atoms with E-state index < -0.39 is 0 Å². The van der Waals surface area contributed by atoms with Crippen LogP contribution in [0.2, 0.25) is 0 Å². The van der Waals surface area contributed by atoms with E-state index in [1.165, 1.54) is 39.3 Å². The van der Waals surface area contributed by atoms with Crippen LogP contribution >= 0.6 is 0 Å². The number of nitrogens with zero attached hydrogens (tertiary/aromatic N) is 2. The number of piperazine rings is 1. The van der Waals surface area contributed by atoms with Gasteiger partial charge < -0.3 is 14.7 Å². The molecule has 2 aliphatic rings. The van der Waals surface area contributed by atoms with Crippen molar-refractivity contribution in [3.63, 3.8) is 0 Å². The minimum absolute atomic E-state index is 0.239. The summed E-state index contributed by atoms with van der Waals surface area (Å²) in [6.07, 6.45) is 3.38. The molecule has 0 aromatic heterocycles. The summed E-state index contributed by atoms with van der Waals surface area (Å²) in [7, 11) is 2.00. The summed E-state index contributed by atoms with van der Waals surface area (Å²) in [4.78, 5) is 19.0. The smallest absolute Gasteiger partial charge is 0.278 e. The van der Waals surface area contributed by atoms with E-state index in [4.69, 9.17) is 0 Å². The van der Waals surface area contributed by atoms with E-state index in [1.54, 1.807) is 0 Å². The van der Waals surface area contributed by atoms with Crippen LogP contribution in [0.15, 0.2) is 42.5 Å². The summed E-state index contributed by atoms with van der Waals surface area (Å²) < 4.78 is 0. The Kier molecular flexibility index (Phi) is 5.91. The number of amides is 1. The van der Waals surface area contributed by atoms with Gasteiger partial charge in [-0.2, -0.15) is 0 Å². The van der Waals surface area contributed by atoms with Gasteiger partial charge in [0.2, 0.25) is 0 Å². The Balaban J connectivity index is 1.35. The lowest BCUT2D eigenvalue weighted by atomic mass is 9.87. The molecule has 1 aliphatic carbocycles. The lowest BCUT2D eigenvalue weighted by Gasteiger charge is -2.37. The fraction of sp³-hybridized carbons (Fsp3) is 0.480. The fourth-order valence-corrected chi connectivity index (χ4v) is 4.96. The highest BCUT2D eigenvalue weighted by atomic mass is 16.2. The van der Waals surface area contributed by atoms with E-state index in [2.05, 4.69) is 61.2 Å². The standard InChI is InChI=1S/C25H33N3O/c1-19-8-6-12-23(20(19)2)28-16-14-27(15-17-28)18-25(29)26(3)24-13-7-10-21-9-4-5-11-22(21)24/h4-6,8-9,11-12,24H,7,10,13-18H2,1-3H3/p+1/t24-/m1/s1. The number of fused-ring (bicyclic) bond motifs is 1. The fourth-order valence-electron chi connectivity index (χ4n) is 4.96. The number of carbonyl (C=O) groups excluding carboxylic acids is 1. The third-order valence-electron chi connectivity index (χ3n) is 6.99. The van der Waals surface area contributed by atoms with Crippen molar-refractivity contribution < 1.29 is 9.69 Å². The van der Waals surface area contributed by atoms with Crippen LogP contribution < -0.4 is 9.80 Å². The number of rotatable bonds is 4. The molecule has 0 unspecified atom stereocenters. The third kappa shape index (κ3) is 4.18. The largest absolute Gasteiger partial charge is 0.360 e. The monoisotopic (exact) mass is 392 g/mol. The Morgan fingerprint density at radius 3 is 2.66 bits per heavy atom. The maximum atomic E-state index is 13.1. The van der Waals surface area contributed by atoms with Crippen molar-refractivity contribution in [3.05, 3.63) is 64.7 Å². The molecule has 4 heteroatoms. The third-order valence-corrected chi connectivity index (χ3v) is 6.99. The Bertz CT molecular complexity index is 870. The number of quaternary nitrogens is 1. The average molecular weight is 393 g/mol. The lowest BCUT2D eigenvalue weighted by Crippen LogP contribution is -3.15. The van der Waals surface area contributed by atoms with Gasteiger partial charge in [0.1, 0.15) is 0 Å². The van der Waals surface area contributed by atoms with Crippen molar-refractivity contribution >= 4 is 11.6 Å². The molecule has 1 aliphatic heterocycles. The van der Waals surface area contributed by atoms with E-state index in [0.29, 0.717) is 6.54 Å². The van der Waals surface area contributed by atoms with E-state index >= 15 is 0 Å². The summed E-state index contributed by atoms with van der Waals surface area (Å²) >= 11 is 0. The second kappa shape index (κ2) is 8.58. The van der Waals surface area contributed by atoms with Gasteiger partial charge in [-0.25, -0.2) is 0 Å². The van der Waals surface area contributed by atoms with Crippen LogP contribution in [0, 0.1) is 13.8 Å². The van der Waals surface area contributed by atoms with Crippen LogP contribution in [0.4, 0.5) is 5.69 Å². The number of hydrogen-bond acceptors (Lipinski definition) is 2. The summed E-state index contributed by atoms with van der Waals surface area (Å²) in [5.74, 6) is 0.280. The van der Waals surface area contributed by atoms with Gasteiger partial charge in [0, 0.05) is 12.7 Å². The molecule has 1 saturated heterocycles. The molecule has 29 heavy (non-hydrogen) atoms. The first-order valence-corrected chi connectivity index (χ1v) is 11.0. The molecule has 4 rings (SSSR count). The van der Waals surface area contributed by atoms with Crippen LogP contribution in [0.3, 0.4) is 0 Å². The highest BCUT2D eigenvalue weighted by Gasteiger charge is 2.30. The lowest BCUT2D eigenvalue weighted by molar-refractivity contribution is -0.892. The quantitative estimate of drug-likeness (QED) is 0.866. The predicted octanol–water partition coefficient (Wildman–Crippen LogP) is 2.54. The molecular formula is C25H34N3O+. The average Bonchev–Trinajstić information content (AvgIpc) is 2.75. The number of aryl methyl sites for hydroxylation is 2. The predicted molar refractivity (Wildman–Crippen MR) is 119 cm³/mol. The number of benzene rings is 2. The van der Waals surface area contributed by atoms with Gasteiger partial charge in [-0.15, -0.1) is 0 Å². The minimum Gasteiger partial charge on any atom is -0.360 e. The molecule has 0 bridgehead atoms. The topological polar surface area (TPSA) is 28.0 Å². The van der Waals surface area contributed by atoms with Crippen LogP contribution in [0.5, 0.6) is 0 Å². The van der Waals surface area contributed by atoms with Crippen molar-refractivity contribution in [3.8, 4) is 0 Å². The Labute approximate surface area is 175 Å². The number of nitrogens with one attached hydrogen (secondary N) is 1. The second-order valence-corrected chi connectivity index (χ2v) is 8.74. The van der Waals surface area contributed by atoms with Gasteiger partial charge >= 0.3 is 0 Å². The SMILES string of the molecule is Cc1cccc(N2CC[NH+](CC(=O)N(C)[C@@H]3CCCc4ccccc43)CC2)c1C.